The van der Waals surface area contributed by atoms with E-state index in [1.807, 2.05) is 26.8 Å². The van der Waals surface area contributed by atoms with E-state index in [1.165, 1.54) is 19.3 Å². The highest BCUT2D eigenvalue weighted by molar-refractivity contribution is 5.92. The van der Waals surface area contributed by atoms with Gasteiger partial charge in [-0.25, -0.2) is 4.79 Å². The van der Waals surface area contributed by atoms with Crippen molar-refractivity contribution in [2.45, 2.75) is 128 Å². The topological polar surface area (TPSA) is 125 Å². The number of hydrogen-bond acceptors (Lipinski definition) is 9. The van der Waals surface area contributed by atoms with E-state index in [1.54, 1.807) is 6.26 Å². The minimum atomic E-state index is -1.38. The number of ketones is 1. The number of aliphatic hydroxyl groups is 1. The van der Waals surface area contributed by atoms with Gasteiger partial charge in [-0.3, -0.25) is 9.59 Å². The molecule has 240 valence electrons. The van der Waals surface area contributed by atoms with Crippen LogP contribution < -0.4 is 0 Å². The Morgan fingerprint density at radius 3 is 2.50 bits per heavy atom. The van der Waals surface area contributed by atoms with Crippen molar-refractivity contribution in [3.05, 3.63) is 23.7 Å². The lowest BCUT2D eigenvalue weighted by atomic mass is 9.34. The van der Waals surface area contributed by atoms with Crippen molar-refractivity contribution in [2.75, 3.05) is 6.61 Å². The molecule has 0 aromatic carbocycles. The number of unbranched alkanes of at least 4 members (excludes halogenated alkanes) is 4. The molecule has 4 saturated heterocycles. The Kier molecular flexibility index (Phi) is 6.10. The number of Topliss-reactive ketones (excluding diaryl/α,β-unsaturated/α-hetero) is 1. The fraction of sp³-hybridized carbons (Fsp3) is 0.800. The Bertz CT molecular complexity index is 1410. The second-order valence-electron chi connectivity index (χ2n) is 15.9. The fourth-order valence-corrected chi connectivity index (χ4v) is 12.2. The van der Waals surface area contributed by atoms with Crippen LogP contribution in [0.2, 0.25) is 0 Å². The zero-order valence-corrected chi connectivity index (χ0v) is 26.6. The second kappa shape index (κ2) is 9.19. The lowest BCUT2D eigenvalue weighted by Gasteiger charge is -2.68. The van der Waals surface area contributed by atoms with E-state index in [0.29, 0.717) is 12.8 Å². The summed E-state index contributed by atoms with van der Waals surface area (Å²) in [7, 11) is 0. The monoisotopic (exact) mass is 610 g/mol. The molecular weight excluding hydrogens is 564 g/mol. The molecule has 9 heteroatoms. The molecule has 1 N–H and O–H groups in total. The van der Waals surface area contributed by atoms with Crippen LogP contribution in [0.5, 0.6) is 0 Å². The van der Waals surface area contributed by atoms with Crippen molar-refractivity contribution in [3.8, 4) is 0 Å². The molecule has 9 nitrogen and oxygen atoms in total. The number of ether oxygens (including phenoxy) is 4. The van der Waals surface area contributed by atoms with Gasteiger partial charge < -0.3 is 28.5 Å². The van der Waals surface area contributed by atoms with E-state index in [0.717, 1.165) is 37.0 Å². The van der Waals surface area contributed by atoms with Crippen LogP contribution in [0.4, 0.5) is 0 Å². The van der Waals surface area contributed by atoms with E-state index < -0.39 is 69.7 Å². The summed E-state index contributed by atoms with van der Waals surface area (Å²) in [4.78, 5) is 41.6. The van der Waals surface area contributed by atoms with Crippen molar-refractivity contribution in [1.29, 1.82) is 0 Å². The molecule has 1 unspecified atom stereocenters. The van der Waals surface area contributed by atoms with Crippen LogP contribution in [0.25, 0.3) is 0 Å². The molecule has 44 heavy (non-hydrogen) atoms. The lowest BCUT2D eigenvalue weighted by Crippen LogP contribution is -2.77. The minimum Gasteiger partial charge on any atom is -0.469 e. The molecule has 4 aliphatic heterocycles. The molecule has 0 radical (unpaired) electrons. The van der Waals surface area contributed by atoms with Crippen molar-refractivity contribution >= 4 is 17.7 Å². The van der Waals surface area contributed by atoms with Crippen molar-refractivity contribution in [1.82, 2.24) is 0 Å². The Morgan fingerprint density at radius 2 is 1.73 bits per heavy atom. The maximum Gasteiger partial charge on any atom is 0.339 e. The van der Waals surface area contributed by atoms with Crippen LogP contribution in [-0.2, 0) is 39.8 Å². The van der Waals surface area contributed by atoms with Crippen LogP contribution in [0.15, 0.2) is 16.7 Å². The molecular formula is C35H46O9. The number of epoxide rings is 1. The number of carbonyl (C=O) groups excluding carboxylic acids is 3. The molecule has 8 rings (SSSR count). The van der Waals surface area contributed by atoms with Gasteiger partial charge in [-0.2, -0.15) is 0 Å². The van der Waals surface area contributed by atoms with E-state index in [-0.39, 0.29) is 30.2 Å². The SMILES string of the molecule is CCCCCCCc1occc1[C@H]1OC(=O)[C@H]2O[C@@]23[C@]2(C)[C@H](O)C(=O)[C@@H]4C(C)(C)O[C@@H]5[C@H]6CCC(C[C@]13C)[C@@H]2[C@]54COC6=O. The third kappa shape index (κ3) is 3.20. The molecule has 5 heterocycles. The van der Waals surface area contributed by atoms with Gasteiger partial charge in [0.2, 0.25) is 0 Å². The van der Waals surface area contributed by atoms with E-state index in [4.69, 9.17) is 23.4 Å². The predicted molar refractivity (Wildman–Crippen MR) is 155 cm³/mol. The lowest BCUT2D eigenvalue weighted by molar-refractivity contribution is -0.266. The number of hydrogen-bond donors (Lipinski definition) is 1. The highest BCUT2D eigenvalue weighted by Crippen LogP contribution is 2.82. The molecule has 1 aromatic rings. The molecule has 7 aliphatic rings. The number of rotatable bonds is 7. The summed E-state index contributed by atoms with van der Waals surface area (Å²) >= 11 is 0. The van der Waals surface area contributed by atoms with Crippen molar-refractivity contribution in [3.63, 3.8) is 0 Å². The molecule has 3 saturated carbocycles. The Morgan fingerprint density at radius 1 is 0.955 bits per heavy atom. The van der Waals surface area contributed by atoms with E-state index >= 15 is 0 Å². The first-order valence-corrected chi connectivity index (χ1v) is 16.9. The minimum absolute atomic E-state index is 0.0221. The highest BCUT2D eigenvalue weighted by Gasteiger charge is 2.92. The number of aliphatic hydroxyl groups excluding tert-OH is 1. The quantitative estimate of drug-likeness (QED) is 0.262. The van der Waals surface area contributed by atoms with E-state index in [9.17, 15) is 19.5 Å². The number of carbonyl (C=O) groups is 3. The standard InChI is InChI=1S/C35H46O9/c1-6-7-8-9-10-11-21-19(14-15-40-21)26-32(4)16-18-12-13-20-27-34(17-41-29(20)38)23(18)33(5,35(32)28(44-35)30(39)42-26)25(37)22(36)24(34)31(2,3)43-27/h14-15,18,20,23-28,37H,6-13,16-17H2,1-5H3/t18?,20-,23+,24-,25-,26-,27-,28-,32-,33+,34+,35+/m1/s1. The smallest absolute Gasteiger partial charge is 0.339 e. The third-order valence-corrected chi connectivity index (χ3v) is 13.5. The van der Waals surface area contributed by atoms with Crippen LogP contribution in [0, 0.1) is 39.9 Å². The normalized spacial score (nSPS) is 49.3. The summed E-state index contributed by atoms with van der Waals surface area (Å²) in [6, 6.07) is 1.92. The number of esters is 2. The molecule has 2 spiro atoms. The van der Waals surface area contributed by atoms with Gasteiger partial charge in [-0.1, -0.05) is 46.5 Å². The summed E-state index contributed by atoms with van der Waals surface area (Å²) in [5.74, 6) is -1.55. The summed E-state index contributed by atoms with van der Waals surface area (Å²) < 4.78 is 31.6. The zero-order chi connectivity index (χ0) is 31.0. The second-order valence-corrected chi connectivity index (χ2v) is 15.9. The van der Waals surface area contributed by atoms with Gasteiger partial charge in [-0.05, 0) is 57.4 Å². The molecule has 1 aromatic heterocycles. The first-order chi connectivity index (χ1) is 20.9. The molecule has 3 aliphatic carbocycles. The summed E-state index contributed by atoms with van der Waals surface area (Å²) in [5.41, 5.74) is -3.85. The number of aryl methyl sites for hydroxylation is 1. The van der Waals surface area contributed by atoms with Gasteiger partial charge >= 0.3 is 11.9 Å². The van der Waals surface area contributed by atoms with Gasteiger partial charge in [-0.15, -0.1) is 0 Å². The van der Waals surface area contributed by atoms with Gasteiger partial charge in [0.15, 0.2) is 11.9 Å². The largest absolute Gasteiger partial charge is 0.469 e. The molecule has 2 bridgehead atoms. The Labute approximate surface area is 258 Å². The average molecular weight is 611 g/mol. The summed E-state index contributed by atoms with van der Waals surface area (Å²) in [6.07, 6.45) is 6.63. The third-order valence-electron chi connectivity index (χ3n) is 13.5. The maximum absolute atomic E-state index is 14.6. The van der Waals surface area contributed by atoms with Crippen LogP contribution >= 0.6 is 0 Å². The first kappa shape index (κ1) is 29.2. The van der Waals surface area contributed by atoms with Gasteiger partial charge in [0, 0.05) is 28.2 Å². The maximum atomic E-state index is 14.6. The highest BCUT2D eigenvalue weighted by atomic mass is 16.7. The van der Waals surface area contributed by atoms with Gasteiger partial charge in [0.25, 0.3) is 0 Å². The first-order valence-electron chi connectivity index (χ1n) is 16.9. The van der Waals surface area contributed by atoms with Gasteiger partial charge in [0.1, 0.15) is 30.2 Å². The number of cyclic esters (lactones) is 2. The van der Waals surface area contributed by atoms with Gasteiger partial charge in [0.05, 0.1) is 29.8 Å². The van der Waals surface area contributed by atoms with E-state index in [2.05, 4.69) is 13.8 Å². The van der Waals surface area contributed by atoms with Crippen molar-refractivity contribution in [2.24, 2.45) is 39.9 Å². The average Bonchev–Trinajstić information content (AvgIpc) is 3.55. The molecule has 7 fully saturated rings. The van der Waals surface area contributed by atoms with Crippen molar-refractivity contribution < 1.29 is 42.9 Å². The summed E-state index contributed by atoms with van der Waals surface area (Å²) in [5, 5.41) is 12.3. The Balaban J connectivity index is 1.26. The molecule has 12 atom stereocenters. The zero-order valence-electron chi connectivity index (χ0n) is 26.6. The van der Waals surface area contributed by atoms with Crippen LogP contribution in [0.3, 0.4) is 0 Å². The predicted octanol–water partition coefficient (Wildman–Crippen LogP) is 4.87. The summed E-state index contributed by atoms with van der Waals surface area (Å²) in [6.45, 7) is 10.2. The molecule has 0 amide bonds. The van der Waals surface area contributed by atoms with Crippen LogP contribution in [0.1, 0.15) is 103 Å². The fourth-order valence-electron chi connectivity index (χ4n) is 12.2. The van der Waals surface area contributed by atoms with Crippen LogP contribution in [-0.4, -0.2) is 58.9 Å². The Hall–Kier alpha value is -2.23. The number of furan rings is 1.